The first kappa shape index (κ1) is 12.3. The average Bonchev–Trinajstić information content (AvgIpc) is 2.14. The SMILES string of the molecule is N#Cc1cnc(C(F)F)c(N)c1S(N)(=O)=O. The van der Waals surface area contributed by atoms with Crippen molar-refractivity contribution in [3.05, 3.63) is 17.5 Å². The molecule has 0 fully saturated rings. The summed E-state index contributed by atoms with van der Waals surface area (Å²) in [4.78, 5) is 2.39. The fourth-order valence-electron chi connectivity index (χ4n) is 1.08. The number of alkyl halides is 2. The van der Waals surface area contributed by atoms with Gasteiger partial charge in [-0.2, -0.15) is 5.26 Å². The third-order valence-electron chi connectivity index (χ3n) is 1.71. The normalized spacial score (nSPS) is 11.4. The summed E-state index contributed by atoms with van der Waals surface area (Å²) in [5.41, 5.74) is 3.02. The van der Waals surface area contributed by atoms with E-state index in [1.807, 2.05) is 0 Å². The number of rotatable bonds is 2. The molecule has 9 heteroatoms. The van der Waals surface area contributed by atoms with Crippen molar-refractivity contribution in [3.63, 3.8) is 0 Å². The zero-order chi connectivity index (χ0) is 12.5. The number of nitrogens with zero attached hydrogens (tertiary/aromatic N) is 2. The molecule has 86 valence electrons. The van der Waals surface area contributed by atoms with Gasteiger partial charge in [0.1, 0.15) is 16.7 Å². The van der Waals surface area contributed by atoms with Gasteiger partial charge >= 0.3 is 0 Å². The lowest BCUT2D eigenvalue weighted by Crippen LogP contribution is -2.18. The van der Waals surface area contributed by atoms with E-state index in [0.717, 1.165) is 0 Å². The van der Waals surface area contributed by atoms with Crippen LogP contribution in [0.4, 0.5) is 14.5 Å². The molecule has 0 aliphatic heterocycles. The first-order valence-electron chi connectivity index (χ1n) is 3.78. The molecule has 0 aliphatic carbocycles. The molecular formula is C7H6F2N4O2S. The van der Waals surface area contributed by atoms with Crippen molar-refractivity contribution in [3.8, 4) is 6.07 Å². The van der Waals surface area contributed by atoms with E-state index in [0.29, 0.717) is 6.20 Å². The second kappa shape index (κ2) is 3.99. The van der Waals surface area contributed by atoms with Crippen LogP contribution in [0.2, 0.25) is 0 Å². The van der Waals surface area contributed by atoms with Crippen LogP contribution in [-0.4, -0.2) is 13.4 Å². The molecule has 6 nitrogen and oxygen atoms in total. The highest BCUT2D eigenvalue weighted by molar-refractivity contribution is 7.89. The highest BCUT2D eigenvalue weighted by atomic mass is 32.2. The molecule has 0 unspecified atom stereocenters. The van der Waals surface area contributed by atoms with Crippen LogP contribution in [-0.2, 0) is 10.0 Å². The summed E-state index contributed by atoms with van der Waals surface area (Å²) >= 11 is 0. The molecule has 0 aliphatic rings. The van der Waals surface area contributed by atoms with Gasteiger partial charge in [0.25, 0.3) is 6.43 Å². The third kappa shape index (κ3) is 2.07. The monoisotopic (exact) mass is 248 g/mol. The molecule has 0 bridgehead atoms. The maximum absolute atomic E-state index is 12.4. The molecule has 0 amide bonds. The summed E-state index contributed by atoms with van der Waals surface area (Å²) < 4.78 is 46.9. The van der Waals surface area contributed by atoms with Gasteiger partial charge in [-0.1, -0.05) is 0 Å². The Morgan fingerprint density at radius 1 is 1.50 bits per heavy atom. The van der Waals surface area contributed by atoms with Crippen molar-refractivity contribution in [1.82, 2.24) is 4.98 Å². The molecule has 1 rings (SSSR count). The van der Waals surface area contributed by atoms with Gasteiger partial charge in [0.05, 0.1) is 11.3 Å². The van der Waals surface area contributed by atoms with Crippen LogP contribution in [0.1, 0.15) is 17.7 Å². The fraction of sp³-hybridized carbons (Fsp3) is 0.143. The number of sulfonamides is 1. The highest BCUT2D eigenvalue weighted by Gasteiger charge is 2.25. The van der Waals surface area contributed by atoms with E-state index in [2.05, 4.69) is 4.98 Å². The van der Waals surface area contributed by atoms with E-state index < -0.39 is 38.3 Å². The molecule has 0 spiro atoms. The Hall–Kier alpha value is -1.79. The third-order valence-corrected chi connectivity index (χ3v) is 2.72. The van der Waals surface area contributed by atoms with E-state index in [4.69, 9.17) is 16.1 Å². The van der Waals surface area contributed by atoms with Crippen molar-refractivity contribution in [2.45, 2.75) is 11.3 Å². The zero-order valence-corrected chi connectivity index (χ0v) is 8.50. The van der Waals surface area contributed by atoms with Crippen LogP contribution < -0.4 is 10.9 Å². The minimum absolute atomic E-state index is 0.468. The van der Waals surface area contributed by atoms with E-state index in [1.54, 1.807) is 0 Å². The molecule has 0 atom stereocenters. The number of pyridine rings is 1. The summed E-state index contributed by atoms with van der Waals surface area (Å²) in [5, 5.41) is 13.4. The Morgan fingerprint density at radius 2 is 2.06 bits per heavy atom. The largest absolute Gasteiger partial charge is 0.396 e. The van der Waals surface area contributed by atoms with Gasteiger partial charge in [0.15, 0.2) is 0 Å². The lowest BCUT2D eigenvalue weighted by Gasteiger charge is -2.09. The Morgan fingerprint density at radius 3 is 2.44 bits per heavy atom. The van der Waals surface area contributed by atoms with Crippen LogP contribution in [0.25, 0.3) is 0 Å². The quantitative estimate of drug-likeness (QED) is 0.769. The van der Waals surface area contributed by atoms with E-state index in [-0.39, 0.29) is 0 Å². The molecule has 1 aromatic heterocycles. The van der Waals surface area contributed by atoms with Crippen LogP contribution in [0.3, 0.4) is 0 Å². The van der Waals surface area contributed by atoms with Gasteiger partial charge in [-0.15, -0.1) is 0 Å². The number of nitrogen functional groups attached to an aromatic ring is 1. The van der Waals surface area contributed by atoms with Gasteiger partial charge in [0, 0.05) is 6.20 Å². The molecule has 1 heterocycles. The zero-order valence-electron chi connectivity index (χ0n) is 7.68. The number of halogens is 2. The molecule has 16 heavy (non-hydrogen) atoms. The van der Waals surface area contributed by atoms with Gasteiger partial charge < -0.3 is 5.73 Å². The van der Waals surface area contributed by atoms with Crippen LogP contribution >= 0.6 is 0 Å². The van der Waals surface area contributed by atoms with Crippen molar-refractivity contribution in [2.75, 3.05) is 5.73 Å². The van der Waals surface area contributed by atoms with Gasteiger partial charge in [-0.25, -0.2) is 22.3 Å². The van der Waals surface area contributed by atoms with E-state index >= 15 is 0 Å². The number of aromatic nitrogens is 1. The summed E-state index contributed by atoms with van der Waals surface area (Å²) in [6.07, 6.45) is -2.36. The Kier molecular flexibility index (Phi) is 3.06. The summed E-state index contributed by atoms with van der Waals surface area (Å²) in [6, 6.07) is 1.46. The smallest absolute Gasteiger partial charge is 0.282 e. The minimum Gasteiger partial charge on any atom is -0.396 e. The number of nitriles is 1. The van der Waals surface area contributed by atoms with E-state index in [1.165, 1.54) is 6.07 Å². The minimum atomic E-state index is -4.35. The van der Waals surface area contributed by atoms with Crippen molar-refractivity contribution < 1.29 is 17.2 Å². The molecule has 4 N–H and O–H groups in total. The molecule has 0 aromatic carbocycles. The lowest BCUT2D eigenvalue weighted by molar-refractivity contribution is 0.147. The standard InChI is InChI=1S/C7H6F2N4O2S/c8-7(9)5-4(11)6(16(12,14)15)3(1-10)2-13-5/h2,7H,11H2,(H2,12,14,15). The average molecular weight is 248 g/mol. The van der Waals surface area contributed by atoms with Crippen LogP contribution in [0.15, 0.2) is 11.1 Å². The first-order chi connectivity index (χ1) is 7.29. The second-order valence-corrected chi connectivity index (χ2v) is 4.26. The predicted molar refractivity (Wildman–Crippen MR) is 49.7 cm³/mol. The van der Waals surface area contributed by atoms with Crippen molar-refractivity contribution in [2.24, 2.45) is 5.14 Å². The molecule has 0 saturated heterocycles. The topological polar surface area (TPSA) is 123 Å². The molecular weight excluding hydrogens is 242 g/mol. The van der Waals surface area contributed by atoms with Crippen LogP contribution in [0, 0.1) is 11.3 Å². The molecule has 0 saturated carbocycles. The van der Waals surface area contributed by atoms with Gasteiger partial charge in [0.2, 0.25) is 10.0 Å². The Balaban J connectivity index is 3.69. The fourth-order valence-corrected chi connectivity index (χ4v) is 1.90. The van der Waals surface area contributed by atoms with Gasteiger partial charge in [-0.05, 0) is 0 Å². The number of anilines is 1. The second-order valence-electron chi connectivity index (χ2n) is 2.76. The van der Waals surface area contributed by atoms with E-state index in [9.17, 15) is 17.2 Å². The maximum Gasteiger partial charge on any atom is 0.282 e. The Bertz CT molecular complexity index is 564. The first-order valence-corrected chi connectivity index (χ1v) is 5.33. The van der Waals surface area contributed by atoms with Crippen molar-refractivity contribution >= 4 is 15.7 Å². The number of hydrogen-bond donors (Lipinski definition) is 2. The summed E-state index contributed by atoms with van der Waals surface area (Å²) in [6.45, 7) is 0. The molecule has 0 radical (unpaired) electrons. The lowest BCUT2D eigenvalue weighted by atomic mass is 10.2. The van der Waals surface area contributed by atoms with Gasteiger partial charge in [-0.3, -0.25) is 4.98 Å². The number of nitrogens with two attached hydrogens (primary N) is 2. The summed E-state index contributed by atoms with van der Waals surface area (Å²) in [7, 11) is -4.35. The molecule has 1 aromatic rings. The van der Waals surface area contributed by atoms with Crippen LogP contribution in [0.5, 0.6) is 0 Å². The van der Waals surface area contributed by atoms with Crippen molar-refractivity contribution in [1.29, 1.82) is 5.26 Å². The highest BCUT2D eigenvalue weighted by Crippen LogP contribution is 2.29. The number of hydrogen-bond acceptors (Lipinski definition) is 5. The predicted octanol–water partition coefficient (Wildman–Crippen LogP) is 0.120. The number of primary sulfonamides is 1. The Labute approximate surface area is 89.5 Å². The maximum atomic E-state index is 12.4. The summed E-state index contributed by atoms with van der Waals surface area (Å²) in [5.74, 6) is 0.